The molecule has 0 spiro atoms. The van der Waals surface area contributed by atoms with Gasteiger partial charge >= 0.3 is 0 Å². The summed E-state index contributed by atoms with van der Waals surface area (Å²) < 4.78 is 8.48. The van der Waals surface area contributed by atoms with E-state index >= 15 is 0 Å². The number of nitrogens with zero attached hydrogens (tertiary/aromatic N) is 2. The third kappa shape index (κ3) is 2.89. The molecule has 0 amide bonds. The van der Waals surface area contributed by atoms with E-state index in [0.717, 1.165) is 27.6 Å². The highest BCUT2D eigenvalue weighted by Gasteiger charge is 2.24. The Morgan fingerprint density at radius 3 is 2.47 bits per heavy atom. The molecular weight excluding hydrogens is 368 g/mol. The zero-order valence-electron chi connectivity index (χ0n) is 17.8. The topological polar surface area (TPSA) is 29.9 Å². The minimum atomic E-state index is 0.518. The Kier molecular flexibility index (Phi) is 4.39. The fourth-order valence-electron chi connectivity index (χ4n) is 4.27. The fourth-order valence-corrected chi connectivity index (χ4v) is 4.27. The second-order valence-corrected chi connectivity index (χ2v) is 8.25. The Morgan fingerprint density at radius 1 is 0.900 bits per heavy atom. The smallest absolute Gasteiger partial charge is 0.227 e. The summed E-state index contributed by atoms with van der Waals surface area (Å²) in [4.78, 5) is 4.44. The summed E-state index contributed by atoms with van der Waals surface area (Å²) in [5.74, 6) is 0.518. The summed E-state index contributed by atoms with van der Waals surface area (Å²) in [6, 6.07) is 21.6. The lowest BCUT2D eigenvalue weighted by molar-refractivity contribution is -0.659. The maximum atomic E-state index is 6.29. The number of hydrogen-bond acceptors (Lipinski definition) is 2. The highest BCUT2D eigenvalue weighted by atomic mass is 16.3. The van der Waals surface area contributed by atoms with Gasteiger partial charge in [-0.2, -0.15) is 0 Å². The lowest BCUT2D eigenvalue weighted by Crippen LogP contribution is -2.31. The molecule has 2 aromatic carbocycles. The van der Waals surface area contributed by atoms with Gasteiger partial charge in [0.05, 0.1) is 11.1 Å². The van der Waals surface area contributed by atoms with E-state index in [1.165, 1.54) is 22.3 Å². The lowest BCUT2D eigenvalue weighted by atomic mass is 9.93. The normalized spacial score (nSPS) is 11.6. The summed E-state index contributed by atoms with van der Waals surface area (Å²) >= 11 is 0. The molecule has 0 aliphatic carbocycles. The monoisotopic (exact) mass is 393 g/mol. The first kappa shape index (κ1) is 18.6. The Balaban J connectivity index is 1.81. The summed E-state index contributed by atoms with van der Waals surface area (Å²) in [7, 11) is 2.10. The number of aryl methyl sites for hydroxylation is 2. The Bertz CT molecular complexity index is 1380. The molecule has 5 rings (SSSR count). The SMILES string of the molecule is Cc1ccc2c(oc3ncccc32)c1-c1c(-c2ccc(C(C)C)cc2)ccc[n+]1C. The number of furan rings is 1. The first-order valence-electron chi connectivity index (χ1n) is 10.4. The lowest BCUT2D eigenvalue weighted by Gasteiger charge is -2.12. The molecule has 30 heavy (non-hydrogen) atoms. The van der Waals surface area contributed by atoms with Crippen molar-refractivity contribution in [1.82, 2.24) is 4.98 Å². The van der Waals surface area contributed by atoms with Gasteiger partial charge in [-0.15, -0.1) is 0 Å². The molecule has 3 heterocycles. The van der Waals surface area contributed by atoms with Crippen LogP contribution in [0.1, 0.15) is 30.9 Å². The van der Waals surface area contributed by atoms with Gasteiger partial charge in [-0.1, -0.05) is 50.2 Å². The molecule has 3 aromatic heterocycles. The molecule has 0 fully saturated rings. The number of rotatable bonds is 3. The highest BCUT2D eigenvalue weighted by Crippen LogP contribution is 2.39. The Labute approximate surface area is 176 Å². The molecule has 0 atom stereocenters. The maximum Gasteiger partial charge on any atom is 0.227 e. The van der Waals surface area contributed by atoms with Crippen LogP contribution >= 0.6 is 0 Å². The minimum absolute atomic E-state index is 0.518. The molecule has 0 saturated heterocycles. The van der Waals surface area contributed by atoms with Crippen LogP contribution in [-0.2, 0) is 7.05 Å². The summed E-state index contributed by atoms with van der Waals surface area (Å²) in [5, 5.41) is 2.15. The number of hydrogen-bond donors (Lipinski definition) is 0. The van der Waals surface area contributed by atoms with Gasteiger partial charge in [-0.3, -0.25) is 0 Å². The van der Waals surface area contributed by atoms with E-state index < -0.39 is 0 Å². The van der Waals surface area contributed by atoms with Crippen molar-refractivity contribution in [2.75, 3.05) is 0 Å². The van der Waals surface area contributed by atoms with Gasteiger partial charge in [0.2, 0.25) is 11.4 Å². The van der Waals surface area contributed by atoms with E-state index in [-0.39, 0.29) is 0 Å². The van der Waals surface area contributed by atoms with E-state index in [1.54, 1.807) is 6.20 Å². The van der Waals surface area contributed by atoms with Crippen molar-refractivity contribution in [1.29, 1.82) is 0 Å². The third-order valence-corrected chi connectivity index (χ3v) is 5.93. The Hall–Kier alpha value is -3.46. The molecule has 0 saturated carbocycles. The largest absolute Gasteiger partial charge is 0.437 e. The summed E-state index contributed by atoms with van der Waals surface area (Å²) in [5.41, 5.74) is 8.78. The van der Waals surface area contributed by atoms with E-state index in [9.17, 15) is 0 Å². The van der Waals surface area contributed by atoms with E-state index in [4.69, 9.17) is 4.42 Å². The standard InChI is InChI=1S/C27H25N2O/c1-17(2)19-10-12-20(13-11-19)21-8-6-16-29(4)25(21)24-18(3)9-14-22-23-7-5-15-28-27(23)30-26(22)24/h5-17H,1-4H3/q+1. The third-order valence-electron chi connectivity index (χ3n) is 5.93. The van der Waals surface area contributed by atoms with Gasteiger partial charge in [0.1, 0.15) is 7.05 Å². The van der Waals surface area contributed by atoms with E-state index in [2.05, 4.69) is 98.2 Å². The van der Waals surface area contributed by atoms with Gasteiger partial charge in [-0.05, 0) is 47.7 Å². The number of fused-ring (bicyclic) bond motifs is 3. The van der Waals surface area contributed by atoms with E-state index in [0.29, 0.717) is 11.6 Å². The molecule has 148 valence electrons. The van der Waals surface area contributed by atoms with Gasteiger partial charge in [-0.25, -0.2) is 9.55 Å². The average molecular weight is 394 g/mol. The number of aromatic nitrogens is 2. The van der Waals surface area contributed by atoms with Gasteiger partial charge in [0.15, 0.2) is 11.8 Å². The van der Waals surface area contributed by atoms with Gasteiger partial charge in [0.25, 0.3) is 0 Å². The Morgan fingerprint density at radius 2 is 1.70 bits per heavy atom. The van der Waals surface area contributed by atoms with Crippen molar-refractivity contribution in [3.8, 4) is 22.4 Å². The van der Waals surface area contributed by atoms with Gasteiger partial charge in [0, 0.05) is 23.0 Å². The molecule has 0 unspecified atom stereocenters. The quantitative estimate of drug-likeness (QED) is 0.324. The number of pyridine rings is 2. The van der Waals surface area contributed by atoms with Crippen LogP contribution in [0.2, 0.25) is 0 Å². The van der Waals surface area contributed by atoms with Crippen molar-refractivity contribution in [2.45, 2.75) is 26.7 Å². The first-order valence-corrected chi connectivity index (χ1v) is 10.4. The number of benzene rings is 2. The van der Waals surface area contributed by atoms with Crippen LogP contribution in [0.15, 0.2) is 77.5 Å². The molecule has 0 radical (unpaired) electrons. The summed E-state index contributed by atoms with van der Waals surface area (Å²) in [6.45, 7) is 6.60. The van der Waals surface area contributed by atoms with Crippen molar-refractivity contribution in [3.05, 3.63) is 84.2 Å². The van der Waals surface area contributed by atoms with Crippen LogP contribution in [0, 0.1) is 6.92 Å². The van der Waals surface area contributed by atoms with Crippen LogP contribution in [0.4, 0.5) is 0 Å². The van der Waals surface area contributed by atoms with Gasteiger partial charge < -0.3 is 4.42 Å². The molecule has 0 N–H and O–H groups in total. The van der Waals surface area contributed by atoms with Crippen LogP contribution in [-0.4, -0.2) is 4.98 Å². The molecule has 3 heteroatoms. The zero-order chi connectivity index (χ0) is 20.8. The fraction of sp³-hybridized carbons (Fsp3) is 0.185. The molecule has 5 aromatic rings. The second-order valence-electron chi connectivity index (χ2n) is 8.25. The average Bonchev–Trinajstić information content (AvgIpc) is 3.13. The van der Waals surface area contributed by atoms with Crippen molar-refractivity contribution < 1.29 is 8.98 Å². The van der Waals surface area contributed by atoms with Crippen LogP contribution in [0.3, 0.4) is 0 Å². The second kappa shape index (κ2) is 7.10. The van der Waals surface area contributed by atoms with Crippen molar-refractivity contribution >= 4 is 22.1 Å². The molecule has 3 nitrogen and oxygen atoms in total. The molecule has 0 aliphatic rings. The highest BCUT2D eigenvalue weighted by molar-refractivity contribution is 6.09. The van der Waals surface area contributed by atoms with Crippen molar-refractivity contribution in [3.63, 3.8) is 0 Å². The first-order chi connectivity index (χ1) is 14.5. The predicted molar refractivity (Wildman–Crippen MR) is 122 cm³/mol. The molecular formula is C27H25N2O+. The van der Waals surface area contributed by atoms with Crippen LogP contribution in [0.5, 0.6) is 0 Å². The minimum Gasteiger partial charge on any atom is -0.437 e. The molecule has 0 aliphatic heterocycles. The summed E-state index contributed by atoms with van der Waals surface area (Å²) in [6.07, 6.45) is 3.88. The van der Waals surface area contributed by atoms with E-state index in [1.807, 2.05) is 6.07 Å². The predicted octanol–water partition coefficient (Wildman–Crippen LogP) is 6.57. The van der Waals surface area contributed by atoms with Crippen LogP contribution < -0.4 is 4.57 Å². The maximum absolute atomic E-state index is 6.29. The zero-order valence-corrected chi connectivity index (χ0v) is 17.8. The molecule has 0 bridgehead atoms. The van der Waals surface area contributed by atoms with Crippen molar-refractivity contribution in [2.24, 2.45) is 7.05 Å². The van der Waals surface area contributed by atoms with Crippen LogP contribution in [0.25, 0.3) is 44.5 Å².